The highest BCUT2D eigenvalue weighted by molar-refractivity contribution is 9.10. The number of carbonyl (C=O) groups is 2. The van der Waals surface area contributed by atoms with Gasteiger partial charge in [-0.3, -0.25) is 4.79 Å². The van der Waals surface area contributed by atoms with Crippen molar-refractivity contribution < 1.29 is 14.7 Å². The van der Waals surface area contributed by atoms with Crippen LogP contribution in [0.15, 0.2) is 0 Å². The first-order chi connectivity index (χ1) is 5.09. The maximum Gasteiger partial charge on any atom is 0.373 e. The van der Waals surface area contributed by atoms with Gasteiger partial charge in [0.05, 0.1) is 4.83 Å². The van der Waals surface area contributed by atoms with Crippen molar-refractivity contribution in [3.05, 3.63) is 0 Å². The number of halogens is 2. The van der Waals surface area contributed by atoms with E-state index in [9.17, 15) is 9.59 Å². The van der Waals surface area contributed by atoms with Crippen LogP contribution >= 0.6 is 27.5 Å². The Balaban J connectivity index is 3.73. The topological polar surface area (TPSA) is 54.4 Å². The molecule has 0 spiro atoms. The number of rotatable bonds is 5. The first-order valence-corrected chi connectivity index (χ1v) is 4.51. The van der Waals surface area contributed by atoms with E-state index in [1.807, 2.05) is 0 Å². The summed E-state index contributed by atoms with van der Waals surface area (Å²) < 4.78 is 0. The van der Waals surface area contributed by atoms with Crippen molar-refractivity contribution in [2.75, 3.05) is 5.88 Å². The second-order valence-corrected chi connectivity index (χ2v) is 3.45. The van der Waals surface area contributed by atoms with E-state index in [0.29, 0.717) is 18.7 Å². The molecule has 0 aromatic rings. The third kappa shape index (κ3) is 4.37. The molecule has 1 unspecified atom stereocenters. The van der Waals surface area contributed by atoms with E-state index in [1.165, 1.54) is 0 Å². The summed E-state index contributed by atoms with van der Waals surface area (Å²) in [4.78, 5) is 20.2. The summed E-state index contributed by atoms with van der Waals surface area (Å²) in [5.74, 6) is -1.77. The molecule has 0 saturated heterocycles. The predicted molar refractivity (Wildman–Crippen MR) is 45.3 cm³/mol. The predicted octanol–water partition coefficient (Wildman–Crippen LogP) is 1.42. The van der Waals surface area contributed by atoms with Crippen LogP contribution in [0, 0.1) is 0 Å². The summed E-state index contributed by atoms with van der Waals surface area (Å²) in [6.07, 6.45) is 1.10. The second-order valence-electron chi connectivity index (χ2n) is 1.97. The Morgan fingerprint density at radius 2 is 2.09 bits per heavy atom. The molecule has 1 N–H and O–H groups in total. The number of hydrogen-bond acceptors (Lipinski definition) is 2. The lowest BCUT2D eigenvalue weighted by Crippen LogP contribution is -2.23. The average Bonchev–Trinajstić information content (AvgIpc) is 1.98. The van der Waals surface area contributed by atoms with E-state index in [0.717, 1.165) is 0 Å². The maximum atomic E-state index is 10.7. The quantitative estimate of drug-likeness (QED) is 0.587. The highest BCUT2D eigenvalue weighted by Gasteiger charge is 2.20. The minimum atomic E-state index is -1.40. The number of alkyl halides is 2. The fourth-order valence-corrected chi connectivity index (χ4v) is 1.20. The molecule has 3 nitrogen and oxygen atoms in total. The maximum absolute atomic E-state index is 10.7. The lowest BCUT2D eigenvalue weighted by molar-refractivity contribution is -0.148. The van der Waals surface area contributed by atoms with Crippen LogP contribution in [-0.4, -0.2) is 27.6 Å². The van der Waals surface area contributed by atoms with Gasteiger partial charge in [0.2, 0.25) is 0 Å². The van der Waals surface area contributed by atoms with Gasteiger partial charge < -0.3 is 5.11 Å². The zero-order valence-corrected chi connectivity index (χ0v) is 8.06. The molecule has 0 aliphatic rings. The fraction of sp³-hybridized carbons (Fsp3) is 0.667. The average molecular weight is 243 g/mol. The van der Waals surface area contributed by atoms with Gasteiger partial charge in [-0.05, 0) is 12.8 Å². The van der Waals surface area contributed by atoms with Crippen LogP contribution in [0.25, 0.3) is 0 Å². The van der Waals surface area contributed by atoms with Crippen molar-refractivity contribution in [1.82, 2.24) is 0 Å². The van der Waals surface area contributed by atoms with Crippen LogP contribution in [0.1, 0.15) is 12.8 Å². The summed E-state index contributed by atoms with van der Waals surface area (Å²) in [6, 6.07) is 0. The summed E-state index contributed by atoms with van der Waals surface area (Å²) in [5, 5.41) is 8.24. The van der Waals surface area contributed by atoms with Crippen molar-refractivity contribution in [3.63, 3.8) is 0 Å². The normalized spacial score (nSPS) is 12.5. The summed E-state index contributed by atoms with van der Waals surface area (Å²) >= 11 is 8.31. The Hall–Kier alpha value is -0.0900. The van der Waals surface area contributed by atoms with Crippen LogP contribution in [0.3, 0.4) is 0 Å². The van der Waals surface area contributed by atoms with Gasteiger partial charge >= 0.3 is 5.97 Å². The van der Waals surface area contributed by atoms with Gasteiger partial charge in [0.25, 0.3) is 5.78 Å². The van der Waals surface area contributed by atoms with E-state index >= 15 is 0 Å². The molecule has 0 aliphatic heterocycles. The Morgan fingerprint density at radius 3 is 2.45 bits per heavy atom. The molecule has 0 aliphatic carbocycles. The fourth-order valence-electron chi connectivity index (χ4n) is 0.521. The molecular weight excluding hydrogens is 235 g/mol. The highest BCUT2D eigenvalue weighted by atomic mass is 79.9. The van der Waals surface area contributed by atoms with Gasteiger partial charge in [0, 0.05) is 5.88 Å². The van der Waals surface area contributed by atoms with Gasteiger partial charge in [-0.15, -0.1) is 11.6 Å². The molecule has 5 heteroatoms. The molecule has 0 aromatic heterocycles. The van der Waals surface area contributed by atoms with Gasteiger partial charge in [-0.2, -0.15) is 0 Å². The molecule has 1 atom stereocenters. The summed E-state index contributed by atoms with van der Waals surface area (Å²) in [5.41, 5.74) is 0. The number of carboxylic acids is 1. The molecule has 0 radical (unpaired) electrons. The molecule has 11 heavy (non-hydrogen) atoms. The van der Waals surface area contributed by atoms with Crippen molar-refractivity contribution >= 4 is 39.3 Å². The number of ketones is 1. The first kappa shape index (κ1) is 10.9. The van der Waals surface area contributed by atoms with Crippen molar-refractivity contribution in [2.45, 2.75) is 17.7 Å². The Labute approximate surface area is 77.9 Å². The smallest absolute Gasteiger partial charge is 0.373 e. The zero-order valence-electron chi connectivity index (χ0n) is 5.72. The Bertz CT molecular complexity index is 160. The van der Waals surface area contributed by atoms with Crippen LogP contribution in [0.5, 0.6) is 0 Å². The van der Waals surface area contributed by atoms with Gasteiger partial charge in [-0.1, -0.05) is 15.9 Å². The largest absolute Gasteiger partial charge is 0.475 e. The van der Waals surface area contributed by atoms with Gasteiger partial charge in [0.15, 0.2) is 0 Å². The van der Waals surface area contributed by atoms with E-state index < -0.39 is 16.6 Å². The summed E-state index contributed by atoms with van der Waals surface area (Å²) in [7, 11) is 0. The number of carbonyl (C=O) groups excluding carboxylic acids is 1. The van der Waals surface area contributed by atoms with Crippen LogP contribution < -0.4 is 0 Å². The van der Waals surface area contributed by atoms with E-state index in [1.54, 1.807) is 0 Å². The lowest BCUT2D eigenvalue weighted by atomic mass is 10.2. The Kier molecular flexibility index (Phi) is 5.50. The number of hydrogen-bond donors (Lipinski definition) is 1. The SMILES string of the molecule is O=C(O)C(=O)C(Br)CCCCl. The molecule has 0 aromatic carbocycles. The standard InChI is InChI=1S/C6H8BrClO3/c7-4(2-1-3-8)5(9)6(10)11/h4H,1-3H2,(H,10,11). The van der Waals surface area contributed by atoms with E-state index in [2.05, 4.69) is 15.9 Å². The monoisotopic (exact) mass is 242 g/mol. The minimum Gasteiger partial charge on any atom is -0.475 e. The molecule has 0 saturated carbocycles. The van der Waals surface area contributed by atoms with Crippen molar-refractivity contribution in [1.29, 1.82) is 0 Å². The van der Waals surface area contributed by atoms with E-state index in [-0.39, 0.29) is 0 Å². The molecule has 0 heterocycles. The number of carboxylic acid groups (broad SMARTS) is 1. The van der Waals surface area contributed by atoms with Crippen molar-refractivity contribution in [3.8, 4) is 0 Å². The van der Waals surface area contributed by atoms with E-state index in [4.69, 9.17) is 16.7 Å². The molecule has 0 fully saturated rings. The minimum absolute atomic E-state index is 0.439. The first-order valence-electron chi connectivity index (χ1n) is 3.06. The molecule has 0 amide bonds. The molecular formula is C6H8BrClO3. The number of Topliss-reactive ketones (excluding diaryl/α,β-unsaturated/α-hetero) is 1. The molecule has 0 bridgehead atoms. The van der Waals surface area contributed by atoms with Crippen LogP contribution in [-0.2, 0) is 9.59 Å². The molecule has 64 valence electrons. The van der Waals surface area contributed by atoms with Crippen LogP contribution in [0.4, 0.5) is 0 Å². The third-order valence-corrected chi connectivity index (χ3v) is 2.23. The van der Waals surface area contributed by atoms with Gasteiger partial charge in [-0.25, -0.2) is 4.79 Å². The van der Waals surface area contributed by atoms with Gasteiger partial charge in [0.1, 0.15) is 0 Å². The highest BCUT2D eigenvalue weighted by Crippen LogP contribution is 2.09. The van der Waals surface area contributed by atoms with Crippen molar-refractivity contribution in [2.24, 2.45) is 0 Å². The second kappa shape index (κ2) is 5.55. The third-order valence-electron chi connectivity index (χ3n) is 1.09. The lowest BCUT2D eigenvalue weighted by Gasteiger charge is -2.02. The summed E-state index contributed by atoms with van der Waals surface area (Å²) in [6.45, 7) is 0. The van der Waals surface area contributed by atoms with Crippen LogP contribution in [0.2, 0.25) is 0 Å². The Morgan fingerprint density at radius 1 is 1.55 bits per heavy atom. The number of aliphatic carboxylic acids is 1. The zero-order chi connectivity index (χ0) is 8.85. The molecule has 0 rings (SSSR count).